The second-order valence-corrected chi connectivity index (χ2v) is 6.53. The number of amides is 1. The fourth-order valence-corrected chi connectivity index (χ4v) is 3.72. The Hall–Kier alpha value is -1.59. The molecule has 2 aliphatic rings. The van der Waals surface area contributed by atoms with Crippen LogP contribution in [-0.2, 0) is 4.79 Å². The molecule has 0 radical (unpaired) electrons. The van der Waals surface area contributed by atoms with E-state index in [0.29, 0.717) is 6.61 Å². The topological polar surface area (TPSA) is 75.8 Å². The summed E-state index contributed by atoms with van der Waals surface area (Å²) in [6.07, 6.45) is 0.978. The molecule has 1 fully saturated rings. The number of primary amides is 1. The summed E-state index contributed by atoms with van der Waals surface area (Å²) in [6.45, 7) is 6.08. The van der Waals surface area contributed by atoms with Crippen molar-refractivity contribution in [1.29, 1.82) is 0 Å². The first-order valence-electron chi connectivity index (χ1n) is 7.92. The number of hydrogen-bond acceptors (Lipinski definition) is 4. The first kappa shape index (κ1) is 15.3. The Morgan fingerprint density at radius 3 is 2.64 bits per heavy atom. The van der Waals surface area contributed by atoms with Crippen LogP contribution < -0.4 is 10.5 Å². The molecule has 2 aliphatic heterocycles. The Morgan fingerprint density at radius 2 is 2.00 bits per heavy atom. The normalized spacial score (nSPS) is 26.3. The zero-order valence-electron chi connectivity index (χ0n) is 13.2. The molecule has 1 saturated heterocycles. The van der Waals surface area contributed by atoms with Crippen molar-refractivity contribution in [3.05, 3.63) is 28.8 Å². The molecule has 2 atom stereocenters. The van der Waals surface area contributed by atoms with Gasteiger partial charge in [-0.05, 0) is 57.0 Å². The minimum atomic E-state index is -0.547. The van der Waals surface area contributed by atoms with Gasteiger partial charge < -0.3 is 15.6 Å². The number of carbonyl (C=O) groups is 1. The minimum Gasteiger partial charge on any atom is -0.491 e. The summed E-state index contributed by atoms with van der Waals surface area (Å²) in [5.41, 5.74) is 8.50. The summed E-state index contributed by atoms with van der Waals surface area (Å²) in [5.74, 6) is 0.555. The van der Waals surface area contributed by atoms with Crippen molar-refractivity contribution in [2.45, 2.75) is 38.8 Å². The second-order valence-electron chi connectivity index (χ2n) is 6.53. The van der Waals surface area contributed by atoms with Crippen LogP contribution in [0.1, 0.15) is 35.6 Å². The molecule has 5 nitrogen and oxygen atoms in total. The fraction of sp³-hybridized carbons (Fsp3) is 0.588. The third-order valence-electron chi connectivity index (χ3n) is 4.96. The molecule has 2 heterocycles. The van der Waals surface area contributed by atoms with E-state index in [4.69, 9.17) is 10.5 Å². The largest absolute Gasteiger partial charge is 0.491 e. The first-order valence-corrected chi connectivity index (χ1v) is 7.92. The van der Waals surface area contributed by atoms with Crippen molar-refractivity contribution in [3.63, 3.8) is 0 Å². The third-order valence-corrected chi connectivity index (χ3v) is 4.96. The van der Waals surface area contributed by atoms with Crippen molar-refractivity contribution in [2.24, 2.45) is 11.7 Å². The van der Waals surface area contributed by atoms with Gasteiger partial charge in [-0.1, -0.05) is 6.07 Å². The summed E-state index contributed by atoms with van der Waals surface area (Å²) >= 11 is 0. The molecule has 5 heteroatoms. The number of aliphatic hydroxyl groups is 1. The van der Waals surface area contributed by atoms with Crippen LogP contribution in [0.2, 0.25) is 0 Å². The number of carbonyl (C=O) groups excluding carboxylic acids is 1. The molecule has 3 rings (SSSR count). The number of rotatable bonds is 2. The van der Waals surface area contributed by atoms with Gasteiger partial charge in [0, 0.05) is 11.5 Å². The van der Waals surface area contributed by atoms with Crippen LogP contribution in [-0.4, -0.2) is 41.7 Å². The van der Waals surface area contributed by atoms with Crippen molar-refractivity contribution < 1.29 is 14.6 Å². The number of hydrogen-bond donors (Lipinski definition) is 2. The predicted octanol–water partition coefficient (Wildman–Crippen LogP) is 1.30. The summed E-state index contributed by atoms with van der Waals surface area (Å²) in [5, 5.41) is 10.8. The summed E-state index contributed by atoms with van der Waals surface area (Å²) < 4.78 is 5.90. The lowest BCUT2D eigenvalue weighted by Gasteiger charge is -2.41. The molecule has 0 spiro atoms. The highest BCUT2D eigenvalue weighted by Crippen LogP contribution is 2.38. The fourth-order valence-electron chi connectivity index (χ4n) is 3.72. The van der Waals surface area contributed by atoms with E-state index in [1.165, 1.54) is 0 Å². The van der Waals surface area contributed by atoms with Crippen LogP contribution in [0.5, 0.6) is 5.75 Å². The van der Waals surface area contributed by atoms with Crippen LogP contribution in [0.25, 0.3) is 0 Å². The van der Waals surface area contributed by atoms with Crippen molar-refractivity contribution in [1.82, 2.24) is 4.90 Å². The van der Waals surface area contributed by atoms with Gasteiger partial charge >= 0.3 is 0 Å². The molecule has 2 unspecified atom stereocenters. The smallest absolute Gasteiger partial charge is 0.220 e. The van der Waals surface area contributed by atoms with Crippen LogP contribution in [0, 0.1) is 19.8 Å². The molecule has 1 aromatic carbocycles. The van der Waals surface area contributed by atoms with Gasteiger partial charge in [-0.15, -0.1) is 0 Å². The van der Waals surface area contributed by atoms with E-state index < -0.39 is 6.10 Å². The molecule has 0 bridgehead atoms. The van der Waals surface area contributed by atoms with Gasteiger partial charge in [0.2, 0.25) is 5.91 Å². The zero-order chi connectivity index (χ0) is 15.9. The first-order chi connectivity index (χ1) is 10.5. The van der Waals surface area contributed by atoms with E-state index in [9.17, 15) is 9.90 Å². The molecule has 3 N–H and O–H groups in total. The van der Waals surface area contributed by atoms with Gasteiger partial charge in [-0.2, -0.15) is 0 Å². The monoisotopic (exact) mass is 304 g/mol. The molecule has 22 heavy (non-hydrogen) atoms. The molecule has 0 aliphatic carbocycles. The van der Waals surface area contributed by atoms with Crippen molar-refractivity contribution in [3.8, 4) is 5.75 Å². The molecular weight excluding hydrogens is 280 g/mol. The highest BCUT2D eigenvalue weighted by Gasteiger charge is 2.37. The average molecular weight is 304 g/mol. The van der Waals surface area contributed by atoms with E-state index >= 15 is 0 Å². The third kappa shape index (κ3) is 2.71. The number of nitrogens with two attached hydrogens (primary N) is 1. The maximum absolute atomic E-state index is 11.3. The summed E-state index contributed by atoms with van der Waals surface area (Å²) in [7, 11) is 0. The van der Waals surface area contributed by atoms with Crippen LogP contribution in [0.15, 0.2) is 12.1 Å². The highest BCUT2D eigenvalue weighted by atomic mass is 16.5. The number of aryl methyl sites for hydroxylation is 2. The molecule has 0 aromatic heterocycles. The van der Waals surface area contributed by atoms with Gasteiger partial charge in [-0.3, -0.25) is 9.69 Å². The van der Waals surface area contributed by atoms with Crippen LogP contribution in [0.3, 0.4) is 0 Å². The number of benzene rings is 1. The van der Waals surface area contributed by atoms with Crippen LogP contribution in [0.4, 0.5) is 0 Å². The van der Waals surface area contributed by atoms with E-state index in [1.54, 1.807) is 0 Å². The zero-order valence-corrected chi connectivity index (χ0v) is 13.2. The van der Waals surface area contributed by atoms with Gasteiger partial charge in [0.05, 0.1) is 6.04 Å². The molecular formula is C17H24N2O3. The number of aliphatic hydroxyl groups excluding tert-OH is 1. The maximum Gasteiger partial charge on any atom is 0.220 e. The summed E-state index contributed by atoms with van der Waals surface area (Å²) in [6, 6.07) is 4.01. The molecule has 1 amide bonds. The molecule has 1 aromatic rings. The van der Waals surface area contributed by atoms with Crippen molar-refractivity contribution in [2.75, 3.05) is 19.7 Å². The number of ether oxygens (including phenoxy) is 1. The highest BCUT2D eigenvalue weighted by molar-refractivity contribution is 5.76. The summed E-state index contributed by atoms with van der Waals surface area (Å²) in [4.78, 5) is 13.5. The molecule has 120 valence electrons. The van der Waals surface area contributed by atoms with E-state index in [0.717, 1.165) is 48.4 Å². The van der Waals surface area contributed by atoms with Crippen molar-refractivity contribution >= 4 is 5.91 Å². The Morgan fingerprint density at radius 1 is 1.32 bits per heavy atom. The maximum atomic E-state index is 11.3. The number of fused-ring (bicyclic) bond motifs is 1. The van der Waals surface area contributed by atoms with E-state index in [1.807, 2.05) is 19.9 Å². The minimum absolute atomic E-state index is 0.0328. The second kappa shape index (κ2) is 5.89. The Labute approximate surface area is 131 Å². The Balaban J connectivity index is 1.76. The lowest BCUT2D eigenvalue weighted by atomic mass is 9.90. The van der Waals surface area contributed by atoms with Gasteiger partial charge in [0.15, 0.2) is 0 Å². The van der Waals surface area contributed by atoms with Gasteiger partial charge in [-0.25, -0.2) is 0 Å². The average Bonchev–Trinajstić information content (AvgIpc) is 2.47. The van der Waals surface area contributed by atoms with Gasteiger partial charge in [0.25, 0.3) is 0 Å². The number of nitrogens with zero attached hydrogens (tertiary/aromatic N) is 1. The lowest BCUT2D eigenvalue weighted by Crippen LogP contribution is -2.50. The number of piperidine rings is 1. The standard InChI is InChI=1S/C17H24N2O3/c1-10-7-11(2)15-14(8-10)22-9-13(16(15)20)19-5-3-12(4-6-19)17(18)21/h7-8,12-13,16,20H,3-6,9H2,1-2H3,(H2,18,21). The van der Waals surface area contributed by atoms with E-state index in [2.05, 4.69) is 11.0 Å². The Kier molecular flexibility index (Phi) is 4.10. The lowest BCUT2D eigenvalue weighted by molar-refractivity contribution is -0.123. The van der Waals surface area contributed by atoms with Crippen LogP contribution >= 0.6 is 0 Å². The SMILES string of the molecule is Cc1cc(C)c2c(c1)OCC(N1CCC(C(N)=O)CC1)C2O. The predicted molar refractivity (Wildman–Crippen MR) is 83.7 cm³/mol. The molecule has 0 saturated carbocycles. The van der Waals surface area contributed by atoms with Gasteiger partial charge in [0.1, 0.15) is 18.5 Å². The quantitative estimate of drug-likeness (QED) is 0.863. The number of likely N-dealkylation sites (tertiary alicyclic amines) is 1. The van der Waals surface area contributed by atoms with E-state index in [-0.39, 0.29) is 17.9 Å². The Bertz CT molecular complexity index is 580.